The number of nitrogens with zero attached hydrogens (tertiary/aromatic N) is 3. The Balaban J connectivity index is 1.56. The van der Waals surface area contributed by atoms with E-state index in [0.717, 1.165) is 47.0 Å². The van der Waals surface area contributed by atoms with Crippen molar-refractivity contribution in [3.63, 3.8) is 0 Å². The summed E-state index contributed by atoms with van der Waals surface area (Å²) in [5, 5.41) is 12.3. The van der Waals surface area contributed by atoms with Crippen LogP contribution in [0.5, 0.6) is 0 Å². The first kappa shape index (κ1) is 18.2. The number of amides is 1. The van der Waals surface area contributed by atoms with Gasteiger partial charge in [-0.3, -0.25) is 4.79 Å². The average molecular weight is 377 g/mol. The smallest absolute Gasteiger partial charge is 0.235 e. The lowest BCUT2D eigenvalue weighted by molar-refractivity contribution is -0.131. The number of rotatable bonds is 5. The number of hydrogen-bond acceptors (Lipinski definition) is 6. The molecule has 0 saturated carbocycles. The molecule has 0 spiro atoms. The molecule has 1 aliphatic rings. The fourth-order valence-corrected chi connectivity index (χ4v) is 4.84. The fraction of sp³-hybridized carbons (Fsp3) is 0.500. The predicted octanol–water partition coefficient (Wildman–Crippen LogP) is 4.33. The third kappa shape index (κ3) is 4.95. The molecule has 3 rings (SSSR count). The lowest BCUT2D eigenvalue weighted by Crippen LogP contribution is -2.41. The third-order valence-corrected chi connectivity index (χ3v) is 6.41. The minimum Gasteiger partial charge on any atom is -0.342 e. The minimum absolute atomic E-state index is 0.131. The molecule has 1 amide bonds. The van der Waals surface area contributed by atoms with Gasteiger partial charge in [-0.15, -0.1) is 10.2 Å². The van der Waals surface area contributed by atoms with Gasteiger partial charge in [0.05, 0.1) is 5.25 Å². The van der Waals surface area contributed by atoms with Crippen LogP contribution >= 0.6 is 23.1 Å². The number of aryl methyl sites for hydroxylation is 1. The van der Waals surface area contributed by atoms with Crippen LogP contribution in [0, 0.1) is 12.8 Å². The van der Waals surface area contributed by atoms with Crippen molar-refractivity contribution in [2.24, 2.45) is 5.92 Å². The second-order valence-electron chi connectivity index (χ2n) is 6.64. The number of anilines is 2. The van der Waals surface area contributed by atoms with Crippen molar-refractivity contribution in [3.05, 3.63) is 29.8 Å². The molecule has 5 nitrogen and oxygen atoms in total. The standard InChI is InChI=1S/C18H24N4OS2/c1-12-7-9-22(10-8-12)16(23)14(3)24-18-21-20-17(25-18)19-15-6-4-5-13(2)11-15/h4-6,11-12,14H,7-10H2,1-3H3,(H,19,20). The van der Waals surface area contributed by atoms with E-state index in [2.05, 4.69) is 41.5 Å². The highest BCUT2D eigenvalue weighted by Crippen LogP contribution is 2.31. The Labute approximate surface area is 157 Å². The zero-order chi connectivity index (χ0) is 17.8. The molecule has 0 radical (unpaired) electrons. The molecule has 1 N–H and O–H groups in total. The molecule has 1 unspecified atom stereocenters. The van der Waals surface area contributed by atoms with Crippen LogP contribution in [0.2, 0.25) is 0 Å². The predicted molar refractivity (Wildman–Crippen MR) is 105 cm³/mol. The number of aromatic nitrogens is 2. The number of benzene rings is 1. The topological polar surface area (TPSA) is 58.1 Å². The Morgan fingerprint density at radius 3 is 2.84 bits per heavy atom. The van der Waals surface area contributed by atoms with E-state index in [9.17, 15) is 4.79 Å². The summed E-state index contributed by atoms with van der Waals surface area (Å²) in [6, 6.07) is 8.14. The van der Waals surface area contributed by atoms with Gasteiger partial charge in [-0.25, -0.2) is 0 Å². The number of piperidine rings is 1. The maximum Gasteiger partial charge on any atom is 0.235 e. The van der Waals surface area contributed by atoms with E-state index in [-0.39, 0.29) is 11.2 Å². The molecule has 1 aromatic carbocycles. The van der Waals surface area contributed by atoms with Crippen LogP contribution < -0.4 is 5.32 Å². The van der Waals surface area contributed by atoms with E-state index in [1.165, 1.54) is 28.7 Å². The molecule has 1 fully saturated rings. The monoisotopic (exact) mass is 376 g/mol. The molecule has 2 heterocycles. The van der Waals surface area contributed by atoms with E-state index in [1.54, 1.807) is 0 Å². The lowest BCUT2D eigenvalue weighted by Gasteiger charge is -2.31. The Morgan fingerprint density at radius 1 is 1.36 bits per heavy atom. The van der Waals surface area contributed by atoms with Gasteiger partial charge >= 0.3 is 0 Å². The van der Waals surface area contributed by atoms with E-state index in [0.29, 0.717) is 0 Å². The summed E-state index contributed by atoms with van der Waals surface area (Å²) in [5.74, 6) is 0.936. The Kier molecular flexibility index (Phi) is 5.96. The molecule has 2 aromatic rings. The number of nitrogens with one attached hydrogen (secondary N) is 1. The molecule has 7 heteroatoms. The van der Waals surface area contributed by atoms with Crippen LogP contribution in [0.4, 0.5) is 10.8 Å². The van der Waals surface area contributed by atoms with Crippen LogP contribution in [0.1, 0.15) is 32.3 Å². The number of carbonyl (C=O) groups excluding carboxylic acids is 1. The van der Waals surface area contributed by atoms with Gasteiger partial charge in [-0.1, -0.05) is 42.2 Å². The minimum atomic E-state index is -0.131. The lowest BCUT2D eigenvalue weighted by atomic mass is 9.99. The molecule has 134 valence electrons. The summed E-state index contributed by atoms with van der Waals surface area (Å²) < 4.78 is 0.821. The molecule has 1 atom stereocenters. The molecule has 1 aliphatic heterocycles. The van der Waals surface area contributed by atoms with E-state index >= 15 is 0 Å². The molecular formula is C18H24N4OS2. The van der Waals surface area contributed by atoms with Crippen molar-refractivity contribution >= 4 is 39.8 Å². The van der Waals surface area contributed by atoms with Gasteiger partial charge in [0.1, 0.15) is 0 Å². The maximum absolute atomic E-state index is 12.6. The first-order chi connectivity index (χ1) is 12.0. The largest absolute Gasteiger partial charge is 0.342 e. The summed E-state index contributed by atoms with van der Waals surface area (Å²) in [7, 11) is 0. The van der Waals surface area contributed by atoms with E-state index in [4.69, 9.17) is 0 Å². The first-order valence-corrected chi connectivity index (χ1v) is 10.3. The van der Waals surface area contributed by atoms with Crippen LogP contribution in [0.15, 0.2) is 28.6 Å². The molecule has 1 saturated heterocycles. The molecule has 0 aliphatic carbocycles. The average Bonchev–Trinajstić information content (AvgIpc) is 3.01. The van der Waals surface area contributed by atoms with Crippen molar-refractivity contribution in [2.45, 2.75) is 43.2 Å². The Morgan fingerprint density at radius 2 is 2.12 bits per heavy atom. The first-order valence-electron chi connectivity index (χ1n) is 8.64. The fourth-order valence-electron chi connectivity index (χ4n) is 2.84. The van der Waals surface area contributed by atoms with Crippen molar-refractivity contribution in [1.82, 2.24) is 15.1 Å². The zero-order valence-corrected chi connectivity index (χ0v) is 16.5. The van der Waals surface area contributed by atoms with Crippen molar-refractivity contribution < 1.29 is 4.79 Å². The van der Waals surface area contributed by atoms with Crippen LogP contribution in [0.25, 0.3) is 0 Å². The van der Waals surface area contributed by atoms with Gasteiger partial charge in [0.25, 0.3) is 0 Å². The third-order valence-electron chi connectivity index (χ3n) is 4.40. The van der Waals surface area contributed by atoms with Crippen LogP contribution in [0.3, 0.4) is 0 Å². The highest BCUT2D eigenvalue weighted by Gasteiger charge is 2.25. The van der Waals surface area contributed by atoms with Gasteiger partial charge in [0, 0.05) is 18.8 Å². The maximum atomic E-state index is 12.6. The normalized spacial score (nSPS) is 16.7. The van der Waals surface area contributed by atoms with E-state index in [1.807, 2.05) is 24.0 Å². The SMILES string of the molecule is Cc1cccc(Nc2nnc(SC(C)C(=O)N3CCC(C)CC3)s2)c1. The Bertz CT molecular complexity index is 725. The number of hydrogen-bond donors (Lipinski definition) is 1. The van der Waals surface area contributed by atoms with Gasteiger partial charge in [0.15, 0.2) is 4.34 Å². The summed E-state index contributed by atoms with van der Waals surface area (Å²) in [4.78, 5) is 14.6. The summed E-state index contributed by atoms with van der Waals surface area (Å²) >= 11 is 2.98. The molecular weight excluding hydrogens is 352 g/mol. The number of likely N-dealkylation sites (tertiary alicyclic amines) is 1. The highest BCUT2D eigenvalue weighted by atomic mass is 32.2. The molecule has 25 heavy (non-hydrogen) atoms. The second kappa shape index (κ2) is 8.19. The van der Waals surface area contributed by atoms with Gasteiger partial charge in [0.2, 0.25) is 11.0 Å². The molecule has 0 bridgehead atoms. The van der Waals surface area contributed by atoms with Crippen LogP contribution in [-0.2, 0) is 4.79 Å². The van der Waals surface area contributed by atoms with Gasteiger partial charge in [-0.2, -0.15) is 0 Å². The zero-order valence-electron chi connectivity index (χ0n) is 14.9. The molecule has 1 aromatic heterocycles. The Hall–Kier alpha value is -1.60. The highest BCUT2D eigenvalue weighted by molar-refractivity contribution is 8.02. The van der Waals surface area contributed by atoms with Gasteiger partial charge in [-0.05, 0) is 50.3 Å². The number of thioether (sulfide) groups is 1. The summed E-state index contributed by atoms with van der Waals surface area (Å²) in [6.45, 7) is 8.02. The quantitative estimate of drug-likeness (QED) is 0.787. The number of carbonyl (C=O) groups is 1. The van der Waals surface area contributed by atoms with Crippen molar-refractivity contribution in [3.8, 4) is 0 Å². The van der Waals surface area contributed by atoms with Gasteiger partial charge < -0.3 is 10.2 Å². The van der Waals surface area contributed by atoms with Crippen LogP contribution in [-0.4, -0.2) is 39.3 Å². The second-order valence-corrected chi connectivity index (χ2v) is 9.20. The summed E-state index contributed by atoms with van der Waals surface area (Å²) in [5.41, 5.74) is 2.19. The van der Waals surface area contributed by atoms with Crippen molar-refractivity contribution in [1.29, 1.82) is 0 Å². The van der Waals surface area contributed by atoms with Crippen molar-refractivity contribution in [2.75, 3.05) is 18.4 Å². The van der Waals surface area contributed by atoms with E-state index < -0.39 is 0 Å². The summed E-state index contributed by atoms with van der Waals surface area (Å²) in [6.07, 6.45) is 2.21.